The van der Waals surface area contributed by atoms with E-state index in [0.29, 0.717) is 5.75 Å². The van der Waals surface area contributed by atoms with Crippen LogP contribution >= 0.6 is 11.8 Å². The zero-order valence-corrected chi connectivity index (χ0v) is 17.7. The van der Waals surface area contributed by atoms with Gasteiger partial charge in [0, 0.05) is 37.9 Å². The van der Waals surface area contributed by atoms with Crippen molar-refractivity contribution in [3.8, 4) is 0 Å². The molecule has 2 heterocycles. The molecule has 0 spiro atoms. The van der Waals surface area contributed by atoms with Crippen LogP contribution in [0.15, 0.2) is 41.4 Å². The van der Waals surface area contributed by atoms with Crippen molar-refractivity contribution in [2.24, 2.45) is 0 Å². The quantitative estimate of drug-likeness (QED) is 0.722. The van der Waals surface area contributed by atoms with Gasteiger partial charge in [0.05, 0.1) is 5.75 Å². The molecule has 1 fully saturated rings. The smallest absolute Gasteiger partial charge is 0.230 e. The lowest BCUT2D eigenvalue weighted by molar-refractivity contribution is -0.119. The van der Waals surface area contributed by atoms with E-state index in [9.17, 15) is 4.79 Å². The Morgan fingerprint density at radius 2 is 1.89 bits per heavy atom. The molecule has 1 saturated heterocycles. The van der Waals surface area contributed by atoms with Crippen molar-refractivity contribution in [2.45, 2.75) is 38.3 Å². The summed E-state index contributed by atoms with van der Waals surface area (Å²) >= 11 is 1.42. The molecular formula is C21H29N5OS. The van der Waals surface area contributed by atoms with Crippen LogP contribution in [0.25, 0.3) is 0 Å². The van der Waals surface area contributed by atoms with Gasteiger partial charge in [-0.15, -0.1) is 10.2 Å². The molecule has 150 valence electrons. The van der Waals surface area contributed by atoms with Gasteiger partial charge in [-0.1, -0.05) is 30.8 Å². The molecule has 0 saturated carbocycles. The topological polar surface area (TPSA) is 61.4 Å². The van der Waals surface area contributed by atoms with E-state index in [-0.39, 0.29) is 11.9 Å². The molecule has 0 bridgehead atoms. The van der Waals surface area contributed by atoms with Crippen LogP contribution in [-0.4, -0.2) is 54.1 Å². The molecule has 3 rings (SSSR count). The average molecular weight is 400 g/mol. The molecule has 0 aliphatic carbocycles. The van der Waals surface area contributed by atoms with E-state index in [1.807, 2.05) is 19.1 Å². The molecule has 1 aliphatic rings. The molecule has 1 N–H and O–H groups in total. The SMILES string of the molecule is CC[C@H](C)NC(=O)CSc1ccc(N2CCN(c3cccc(C)c3)CC2)nn1. The zero-order chi connectivity index (χ0) is 19.9. The Balaban J connectivity index is 1.48. The highest BCUT2D eigenvalue weighted by Gasteiger charge is 2.19. The fourth-order valence-electron chi connectivity index (χ4n) is 3.14. The summed E-state index contributed by atoms with van der Waals surface area (Å²) in [6.45, 7) is 9.98. The van der Waals surface area contributed by atoms with Gasteiger partial charge in [-0.3, -0.25) is 4.79 Å². The Labute approximate surface area is 171 Å². The Morgan fingerprint density at radius 1 is 1.14 bits per heavy atom. The van der Waals surface area contributed by atoms with E-state index in [2.05, 4.69) is 63.4 Å². The zero-order valence-electron chi connectivity index (χ0n) is 16.9. The Morgan fingerprint density at radius 3 is 2.54 bits per heavy atom. The number of anilines is 2. The molecule has 0 unspecified atom stereocenters. The lowest BCUT2D eigenvalue weighted by Gasteiger charge is -2.36. The van der Waals surface area contributed by atoms with Gasteiger partial charge in [0.1, 0.15) is 5.03 Å². The number of amides is 1. The number of aryl methyl sites for hydroxylation is 1. The number of nitrogens with one attached hydrogen (secondary N) is 1. The molecule has 0 radical (unpaired) electrons. The lowest BCUT2D eigenvalue weighted by atomic mass is 10.2. The maximum Gasteiger partial charge on any atom is 0.230 e. The first kappa shape index (κ1) is 20.5. The fourth-order valence-corrected chi connectivity index (χ4v) is 3.76. The molecule has 7 heteroatoms. The molecule has 1 amide bonds. The van der Waals surface area contributed by atoms with Gasteiger partial charge in [0.15, 0.2) is 5.82 Å². The number of benzene rings is 1. The lowest BCUT2D eigenvalue weighted by Crippen LogP contribution is -2.46. The highest BCUT2D eigenvalue weighted by atomic mass is 32.2. The van der Waals surface area contributed by atoms with Crippen molar-refractivity contribution >= 4 is 29.2 Å². The minimum absolute atomic E-state index is 0.0393. The van der Waals surface area contributed by atoms with Crippen LogP contribution in [-0.2, 0) is 4.79 Å². The predicted molar refractivity (Wildman–Crippen MR) is 116 cm³/mol. The summed E-state index contributed by atoms with van der Waals surface area (Å²) in [4.78, 5) is 16.6. The maximum atomic E-state index is 11.9. The third-order valence-corrected chi connectivity index (χ3v) is 5.89. The molecule has 1 aliphatic heterocycles. The van der Waals surface area contributed by atoms with Crippen molar-refractivity contribution < 1.29 is 4.79 Å². The summed E-state index contributed by atoms with van der Waals surface area (Å²) in [6.07, 6.45) is 0.933. The van der Waals surface area contributed by atoms with Crippen molar-refractivity contribution in [2.75, 3.05) is 41.7 Å². The summed E-state index contributed by atoms with van der Waals surface area (Å²) in [5, 5.41) is 12.4. The average Bonchev–Trinajstić information content (AvgIpc) is 2.72. The second kappa shape index (κ2) is 9.78. The van der Waals surface area contributed by atoms with E-state index in [0.717, 1.165) is 43.4 Å². The van der Waals surface area contributed by atoms with Gasteiger partial charge >= 0.3 is 0 Å². The molecule has 6 nitrogen and oxygen atoms in total. The van der Waals surface area contributed by atoms with E-state index >= 15 is 0 Å². The minimum Gasteiger partial charge on any atom is -0.368 e. The van der Waals surface area contributed by atoms with Crippen LogP contribution in [0.5, 0.6) is 0 Å². The number of aromatic nitrogens is 2. The third kappa shape index (κ3) is 5.61. The first-order valence-corrected chi connectivity index (χ1v) is 10.9. The van der Waals surface area contributed by atoms with E-state index in [4.69, 9.17) is 0 Å². The number of carbonyl (C=O) groups is 1. The van der Waals surface area contributed by atoms with Gasteiger partial charge in [0.2, 0.25) is 5.91 Å². The van der Waals surface area contributed by atoms with Crippen molar-refractivity contribution in [1.82, 2.24) is 15.5 Å². The van der Waals surface area contributed by atoms with Crippen molar-refractivity contribution in [3.63, 3.8) is 0 Å². The number of hydrogen-bond donors (Lipinski definition) is 1. The maximum absolute atomic E-state index is 11.9. The second-order valence-electron chi connectivity index (χ2n) is 7.21. The minimum atomic E-state index is 0.0393. The second-order valence-corrected chi connectivity index (χ2v) is 8.20. The summed E-state index contributed by atoms with van der Waals surface area (Å²) in [6, 6.07) is 12.8. The van der Waals surface area contributed by atoms with Crippen molar-refractivity contribution in [3.05, 3.63) is 42.0 Å². The van der Waals surface area contributed by atoms with Crippen LogP contribution in [0, 0.1) is 6.92 Å². The number of piperazine rings is 1. The summed E-state index contributed by atoms with van der Waals surface area (Å²) in [7, 11) is 0. The molecule has 1 atom stereocenters. The molecule has 2 aromatic rings. The molecule has 1 aromatic heterocycles. The third-order valence-electron chi connectivity index (χ3n) is 4.97. The summed E-state index contributed by atoms with van der Waals surface area (Å²) in [5.74, 6) is 1.31. The van der Waals surface area contributed by atoms with Gasteiger partial charge in [0.25, 0.3) is 0 Å². The van der Waals surface area contributed by atoms with E-state index < -0.39 is 0 Å². The Bertz CT molecular complexity index is 775. The Hall–Kier alpha value is -2.28. The first-order valence-electron chi connectivity index (χ1n) is 9.87. The van der Waals surface area contributed by atoms with Crippen molar-refractivity contribution in [1.29, 1.82) is 0 Å². The number of rotatable bonds is 7. The molecular weight excluding hydrogens is 370 g/mol. The van der Waals surface area contributed by atoms with Gasteiger partial charge in [-0.25, -0.2) is 0 Å². The van der Waals surface area contributed by atoms with Crippen LogP contribution < -0.4 is 15.1 Å². The summed E-state index contributed by atoms with van der Waals surface area (Å²) < 4.78 is 0. The molecule has 1 aromatic carbocycles. The summed E-state index contributed by atoms with van der Waals surface area (Å²) in [5.41, 5.74) is 2.57. The van der Waals surface area contributed by atoms with Gasteiger partial charge < -0.3 is 15.1 Å². The largest absolute Gasteiger partial charge is 0.368 e. The van der Waals surface area contributed by atoms with Crippen LogP contribution in [0.1, 0.15) is 25.8 Å². The number of hydrogen-bond acceptors (Lipinski definition) is 6. The van der Waals surface area contributed by atoms with Crippen LogP contribution in [0.3, 0.4) is 0 Å². The number of thioether (sulfide) groups is 1. The van der Waals surface area contributed by atoms with E-state index in [1.54, 1.807) is 0 Å². The predicted octanol–water partition coefficient (Wildman–Crippen LogP) is 3.12. The highest BCUT2D eigenvalue weighted by Crippen LogP contribution is 2.21. The van der Waals surface area contributed by atoms with E-state index in [1.165, 1.54) is 23.0 Å². The number of carbonyl (C=O) groups excluding carboxylic acids is 1. The standard InChI is InChI=1S/C21H29N5OS/c1-4-17(3)22-20(27)15-28-21-9-8-19(23-24-21)26-12-10-25(11-13-26)18-7-5-6-16(2)14-18/h5-9,14,17H,4,10-13,15H2,1-3H3,(H,22,27)/t17-/m0/s1. The molecule has 28 heavy (non-hydrogen) atoms. The van der Waals surface area contributed by atoms with Crippen LogP contribution in [0.2, 0.25) is 0 Å². The number of nitrogens with zero attached hydrogens (tertiary/aromatic N) is 4. The highest BCUT2D eigenvalue weighted by molar-refractivity contribution is 7.99. The monoisotopic (exact) mass is 399 g/mol. The van der Waals surface area contributed by atoms with Crippen LogP contribution in [0.4, 0.5) is 11.5 Å². The van der Waals surface area contributed by atoms with Gasteiger partial charge in [-0.05, 0) is 50.1 Å². The first-order chi connectivity index (χ1) is 13.5. The fraction of sp³-hybridized carbons (Fsp3) is 0.476. The Kier molecular flexibility index (Phi) is 7.14. The normalized spacial score (nSPS) is 15.4. The van der Waals surface area contributed by atoms with Gasteiger partial charge in [-0.2, -0.15) is 0 Å².